The van der Waals surface area contributed by atoms with Gasteiger partial charge in [0.2, 0.25) is 0 Å². The highest BCUT2D eigenvalue weighted by Crippen LogP contribution is 2.22. The molecule has 23 heavy (non-hydrogen) atoms. The summed E-state index contributed by atoms with van der Waals surface area (Å²) in [7, 11) is 3.86. The van der Waals surface area contributed by atoms with Crippen molar-refractivity contribution in [1.29, 1.82) is 0 Å². The Hall–Kier alpha value is -2.27. The van der Waals surface area contributed by atoms with Gasteiger partial charge >= 0.3 is 0 Å². The number of ether oxygens (including phenoxy) is 1. The maximum absolute atomic E-state index is 12.4. The number of nitrogens with one attached hydrogen (secondary N) is 1. The quantitative estimate of drug-likeness (QED) is 0.908. The van der Waals surface area contributed by atoms with Crippen LogP contribution in [0.25, 0.3) is 0 Å². The minimum absolute atomic E-state index is 0.280. The number of rotatable bonds is 5. The second kappa shape index (κ2) is 6.87. The first-order valence-electron chi connectivity index (χ1n) is 7.17. The normalized spacial score (nSPS) is 11.0. The molecule has 0 atom stereocenters. The predicted molar refractivity (Wildman–Crippen MR) is 93.4 cm³/mol. The SMILES string of the molecule is CN(C)c1ccc(NC(=O)C(C)(C)Oc2ccc(Cl)cc2)nc1. The minimum Gasteiger partial charge on any atom is -0.478 e. The molecule has 1 heterocycles. The first-order valence-corrected chi connectivity index (χ1v) is 7.55. The Balaban J connectivity index is 2.04. The molecule has 2 rings (SSSR count). The number of halogens is 1. The fourth-order valence-electron chi connectivity index (χ4n) is 1.83. The van der Waals surface area contributed by atoms with E-state index in [0.29, 0.717) is 16.6 Å². The first kappa shape index (κ1) is 17.1. The van der Waals surface area contributed by atoms with Crippen LogP contribution in [-0.2, 0) is 4.79 Å². The van der Waals surface area contributed by atoms with Crippen molar-refractivity contribution in [2.24, 2.45) is 0 Å². The summed E-state index contributed by atoms with van der Waals surface area (Å²) in [6.45, 7) is 3.40. The van der Waals surface area contributed by atoms with Gasteiger partial charge in [-0.05, 0) is 50.2 Å². The number of aromatic nitrogens is 1. The lowest BCUT2D eigenvalue weighted by Gasteiger charge is -2.25. The number of benzene rings is 1. The smallest absolute Gasteiger partial charge is 0.269 e. The van der Waals surface area contributed by atoms with Crippen LogP contribution in [0.5, 0.6) is 5.75 Å². The van der Waals surface area contributed by atoms with Crippen LogP contribution in [0, 0.1) is 0 Å². The highest BCUT2D eigenvalue weighted by molar-refractivity contribution is 6.30. The van der Waals surface area contributed by atoms with E-state index < -0.39 is 5.60 Å². The van der Waals surface area contributed by atoms with Crippen LogP contribution in [-0.4, -0.2) is 30.6 Å². The van der Waals surface area contributed by atoms with Crippen molar-refractivity contribution < 1.29 is 9.53 Å². The highest BCUT2D eigenvalue weighted by atomic mass is 35.5. The summed E-state index contributed by atoms with van der Waals surface area (Å²) in [5, 5.41) is 3.38. The van der Waals surface area contributed by atoms with Crippen LogP contribution in [0.4, 0.5) is 11.5 Å². The molecule has 1 amide bonds. The third kappa shape index (κ3) is 4.60. The van der Waals surface area contributed by atoms with Gasteiger partial charge in [0.1, 0.15) is 11.6 Å². The molecule has 0 bridgehead atoms. The monoisotopic (exact) mass is 333 g/mol. The largest absolute Gasteiger partial charge is 0.478 e. The van der Waals surface area contributed by atoms with Crippen molar-refractivity contribution in [3.8, 4) is 5.75 Å². The van der Waals surface area contributed by atoms with Gasteiger partial charge in [-0.2, -0.15) is 0 Å². The Kier molecular flexibility index (Phi) is 5.11. The lowest BCUT2D eigenvalue weighted by atomic mass is 10.1. The summed E-state index contributed by atoms with van der Waals surface area (Å²) in [5.41, 5.74) is -0.0879. The molecule has 2 aromatic rings. The number of anilines is 2. The standard InChI is InChI=1S/C17H20ClN3O2/c1-17(2,23-14-8-5-12(18)6-9-14)16(22)20-15-10-7-13(11-19-15)21(3)4/h5-11H,1-4H3,(H,19,20,22). The van der Waals surface area contributed by atoms with Crippen molar-refractivity contribution in [1.82, 2.24) is 4.98 Å². The lowest BCUT2D eigenvalue weighted by Crippen LogP contribution is -2.42. The van der Waals surface area contributed by atoms with Gasteiger partial charge in [-0.25, -0.2) is 4.98 Å². The van der Waals surface area contributed by atoms with Crippen molar-refractivity contribution in [2.75, 3.05) is 24.3 Å². The molecule has 5 nitrogen and oxygen atoms in total. The van der Waals surface area contributed by atoms with Gasteiger partial charge in [-0.15, -0.1) is 0 Å². The van der Waals surface area contributed by atoms with Gasteiger partial charge in [-0.1, -0.05) is 11.6 Å². The Morgan fingerprint density at radius 3 is 2.35 bits per heavy atom. The van der Waals surface area contributed by atoms with E-state index in [2.05, 4.69) is 10.3 Å². The van der Waals surface area contributed by atoms with Crippen LogP contribution >= 0.6 is 11.6 Å². The zero-order chi connectivity index (χ0) is 17.0. The van der Waals surface area contributed by atoms with E-state index in [1.807, 2.05) is 25.1 Å². The van der Waals surface area contributed by atoms with Crippen molar-refractivity contribution >= 4 is 29.0 Å². The molecule has 122 valence electrons. The summed E-state index contributed by atoms with van der Waals surface area (Å²) < 4.78 is 5.75. The zero-order valence-corrected chi connectivity index (χ0v) is 14.4. The van der Waals surface area contributed by atoms with E-state index in [0.717, 1.165) is 5.69 Å². The summed E-state index contributed by atoms with van der Waals surface area (Å²) >= 11 is 5.84. The fourth-order valence-corrected chi connectivity index (χ4v) is 1.96. The van der Waals surface area contributed by atoms with E-state index in [9.17, 15) is 4.79 Å². The molecule has 0 spiro atoms. The molecule has 1 aromatic carbocycles. The summed E-state index contributed by atoms with van der Waals surface area (Å²) in [4.78, 5) is 18.6. The molecule has 0 unspecified atom stereocenters. The molecule has 0 radical (unpaired) electrons. The molecule has 0 saturated heterocycles. The van der Waals surface area contributed by atoms with E-state index in [4.69, 9.17) is 16.3 Å². The molecular formula is C17H20ClN3O2. The highest BCUT2D eigenvalue weighted by Gasteiger charge is 2.30. The maximum atomic E-state index is 12.4. The number of carbonyl (C=O) groups excluding carboxylic acids is 1. The topological polar surface area (TPSA) is 54.5 Å². The van der Waals surface area contributed by atoms with Crippen molar-refractivity contribution in [2.45, 2.75) is 19.4 Å². The van der Waals surface area contributed by atoms with E-state index >= 15 is 0 Å². The third-order valence-corrected chi connectivity index (χ3v) is 3.49. The Labute approximate surface area is 141 Å². The van der Waals surface area contributed by atoms with Gasteiger partial charge in [0.15, 0.2) is 5.60 Å². The Bertz CT molecular complexity index is 667. The van der Waals surface area contributed by atoms with Crippen LogP contribution < -0.4 is 15.0 Å². The van der Waals surface area contributed by atoms with E-state index in [1.54, 1.807) is 50.4 Å². The molecule has 0 fully saturated rings. The molecule has 1 N–H and O–H groups in total. The number of carbonyl (C=O) groups is 1. The number of amides is 1. The summed E-state index contributed by atoms with van der Waals surface area (Å²) in [6.07, 6.45) is 1.70. The molecule has 1 aromatic heterocycles. The molecule has 0 aliphatic heterocycles. The average Bonchev–Trinajstić information content (AvgIpc) is 2.50. The first-order chi connectivity index (χ1) is 10.8. The predicted octanol–water partition coefficient (Wildman–Crippen LogP) is 3.60. The minimum atomic E-state index is -1.05. The third-order valence-electron chi connectivity index (χ3n) is 3.24. The maximum Gasteiger partial charge on any atom is 0.269 e. The second-order valence-electron chi connectivity index (χ2n) is 5.82. The van der Waals surface area contributed by atoms with Crippen molar-refractivity contribution in [3.05, 3.63) is 47.6 Å². The molecular weight excluding hydrogens is 314 g/mol. The van der Waals surface area contributed by atoms with Gasteiger partial charge in [0.25, 0.3) is 5.91 Å². The van der Waals surface area contributed by atoms with Crippen molar-refractivity contribution in [3.63, 3.8) is 0 Å². The zero-order valence-electron chi connectivity index (χ0n) is 13.6. The molecule has 6 heteroatoms. The lowest BCUT2D eigenvalue weighted by molar-refractivity contribution is -0.128. The Morgan fingerprint density at radius 2 is 1.83 bits per heavy atom. The fraction of sp³-hybridized carbons (Fsp3) is 0.294. The number of hydrogen-bond donors (Lipinski definition) is 1. The van der Waals surface area contributed by atoms with Crippen LogP contribution in [0.3, 0.4) is 0 Å². The van der Waals surface area contributed by atoms with E-state index in [-0.39, 0.29) is 5.91 Å². The Morgan fingerprint density at radius 1 is 1.17 bits per heavy atom. The van der Waals surface area contributed by atoms with Crippen LogP contribution in [0.1, 0.15) is 13.8 Å². The molecule has 0 aliphatic carbocycles. The van der Waals surface area contributed by atoms with Crippen LogP contribution in [0.15, 0.2) is 42.6 Å². The molecule has 0 saturated carbocycles. The van der Waals surface area contributed by atoms with Gasteiger partial charge < -0.3 is 15.0 Å². The van der Waals surface area contributed by atoms with Gasteiger partial charge in [0, 0.05) is 19.1 Å². The number of nitrogens with zero attached hydrogens (tertiary/aromatic N) is 2. The van der Waals surface area contributed by atoms with E-state index in [1.165, 1.54) is 0 Å². The van der Waals surface area contributed by atoms with Gasteiger partial charge in [0.05, 0.1) is 11.9 Å². The number of hydrogen-bond acceptors (Lipinski definition) is 4. The van der Waals surface area contributed by atoms with Gasteiger partial charge in [-0.3, -0.25) is 4.79 Å². The summed E-state index contributed by atoms with van der Waals surface area (Å²) in [5.74, 6) is 0.774. The van der Waals surface area contributed by atoms with Crippen LogP contribution in [0.2, 0.25) is 5.02 Å². The number of pyridine rings is 1. The summed E-state index contributed by atoms with van der Waals surface area (Å²) in [6, 6.07) is 10.5. The second-order valence-corrected chi connectivity index (χ2v) is 6.25. The average molecular weight is 334 g/mol. The molecule has 0 aliphatic rings.